The Kier molecular flexibility index (Phi) is 6.54. The number of pyridine rings is 1. The minimum absolute atomic E-state index is 0.0696. The van der Waals surface area contributed by atoms with Crippen molar-refractivity contribution in [1.82, 2.24) is 9.88 Å². The maximum absolute atomic E-state index is 8.57. The third kappa shape index (κ3) is 5.12. The molecule has 0 atom stereocenters. The van der Waals surface area contributed by atoms with Crippen molar-refractivity contribution in [2.75, 3.05) is 40.5 Å². The van der Waals surface area contributed by atoms with Gasteiger partial charge in [0.2, 0.25) is 5.88 Å². The molecular weight excluding hydrogens is 220 g/mol. The van der Waals surface area contributed by atoms with Crippen molar-refractivity contribution in [3.05, 3.63) is 23.9 Å². The third-order valence-corrected chi connectivity index (χ3v) is 2.34. The highest BCUT2D eigenvalue weighted by molar-refractivity contribution is 5.24. The van der Waals surface area contributed by atoms with Gasteiger partial charge in [-0.15, -0.1) is 0 Å². The molecule has 5 heteroatoms. The molecule has 0 saturated carbocycles. The van der Waals surface area contributed by atoms with Crippen LogP contribution in [0.5, 0.6) is 5.88 Å². The van der Waals surface area contributed by atoms with Gasteiger partial charge >= 0.3 is 0 Å². The fourth-order valence-corrected chi connectivity index (χ4v) is 1.49. The maximum Gasteiger partial charge on any atom is 0.217 e. The summed E-state index contributed by atoms with van der Waals surface area (Å²) in [7, 11) is 3.63. The molecule has 0 unspecified atom stereocenters. The molecule has 0 aromatic carbocycles. The molecule has 1 aromatic rings. The second kappa shape index (κ2) is 8.00. The third-order valence-electron chi connectivity index (χ3n) is 2.34. The molecule has 0 aliphatic carbocycles. The molecule has 17 heavy (non-hydrogen) atoms. The van der Waals surface area contributed by atoms with E-state index in [1.807, 2.05) is 19.2 Å². The molecule has 0 aliphatic heterocycles. The largest absolute Gasteiger partial charge is 0.481 e. The van der Waals surface area contributed by atoms with Gasteiger partial charge in [0.05, 0.1) is 26.9 Å². The lowest BCUT2D eigenvalue weighted by molar-refractivity contribution is 0.0771. The smallest absolute Gasteiger partial charge is 0.217 e. The van der Waals surface area contributed by atoms with E-state index >= 15 is 0 Å². The van der Waals surface area contributed by atoms with Gasteiger partial charge in [-0.05, 0) is 13.1 Å². The van der Waals surface area contributed by atoms with Crippen LogP contribution in [0.2, 0.25) is 0 Å². The molecule has 0 saturated heterocycles. The monoisotopic (exact) mass is 240 g/mol. The molecule has 1 rings (SSSR count). The normalized spacial score (nSPS) is 10.8. The summed E-state index contributed by atoms with van der Waals surface area (Å²) >= 11 is 0. The first-order valence-electron chi connectivity index (χ1n) is 5.63. The quantitative estimate of drug-likeness (QED) is 0.672. The summed E-state index contributed by atoms with van der Waals surface area (Å²) in [6.07, 6.45) is 1.71. The molecule has 96 valence electrons. The maximum atomic E-state index is 8.57. The molecule has 0 aliphatic rings. The van der Waals surface area contributed by atoms with E-state index in [-0.39, 0.29) is 6.61 Å². The van der Waals surface area contributed by atoms with Crippen LogP contribution in [0.25, 0.3) is 0 Å². The SMILES string of the molecule is COc1ncccc1CN(C)CCOCCO. The molecule has 0 bridgehead atoms. The minimum atomic E-state index is 0.0696. The van der Waals surface area contributed by atoms with Crippen molar-refractivity contribution in [3.63, 3.8) is 0 Å². The highest BCUT2D eigenvalue weighted by Gasteiger charge is 2.06. The number of methoxy groups -OCH3 is 1. The van der Waals surface area contributed by atoms with E-state index in [1.165, 1.54) is 0 Å². The topological polar surface area (TPSA) is 54.8 Å². The van der Waals surface area contributed by atoms with E-state index in [9.17, 15) is 0 Å². The Morgan fingerprint density at radius 2 is 2.24 bits per heavy atom. The minimum Gasteiger partial charge on any atom is -0.481 e. The number of likely N-dealkylation sites (N-methyl/N-ethyl adjacent to an activating group) is 1. The summed E-state index contributed by atoms with van der Waals surface area (Å²) in [5.41, 5.74) is 1.06. The number of aliphatic hydroxyl groups excluding tert-OH is 1. The van der Waals surface area contributed by atoms with Crippen molar-refractivity contribution >= 4 is 0 Å². The average Bonchev–Trinajstić information content (AvgIpc) is 2.35. The van der Waals surface area contributed by atoms with Crippen LogP contribution < -0.4 is 4.74 Å². The highest BCUT2D eigenvalue weighted by atomic mass is 16.5. The van der Waals surface area contributed by atoms with Crippen molar-refractivity contribution in [2.45, 2.75) is 6.54 Å². The standard InChI is InChI=1S/C12H20N2O3/c1-14(6-8-17-9-7-15)10-11-4-3-5-13-12(11)16-2/h3-5,15H,6-10H2,1-2H3. The Balaban J connectivity index is 2.36. The Bertz CT molecular complexity index is 320. The molecule has 0 fully saturated rings. The summed E-state index contributed by atoms with van der Waals surface area (Å²) < 4.78 is 10.4. The molecule has 1 aromatic heterocycles. The van der Waals surface area contributed by atoms with Crippen molar-refractivity contribution < 1.29 is 14.6 Å². The molecule has 0 spiro atoms. The summed E-state index contributed by atoms with van der Waals surface area (Å²) in [4.78, 5) is 6.27. The van der Waals surface area contributed by atoms with Gasteiger partial charge in [-0.2, -0.15) is 0 Å². The van der Waals surface area contributed by atoms with Crippen molar-refractivity contribution in [1.29, 1.82) is 0 Å². The Morgan fingerprint density at radius 3 is 2.94 bits per heavy atom. The first-order valence-corrected chi connectivity index (χ1v) is 5.63. The molecule has 0 amide bonds. The van der Waals surface area contributed by atoms with Gasteiger partial charge in [0.1, 0.15) is 0 Å². The van der Waals surface area contributed by atoms with E-state index in [2.05, 4.69) is 9.88 Å². The summed E-state index contributed by atoms with van der Waals surface area (Å²) in [6, 6.07) is 3.89. The van der Waals surface area contributed by atoms with Crippen molar-refractivity contribution in [3.8, 4) is 5.88 Å². The number of ether oxygens (including phenoxy) is 2. The number of aliphatic hydroxyl groups is 1. The number of hydrogen-bond donors (Lipinski definition) is 1. The number of aromatic nitrogens is 1. The van der Waals surface area contributed by atoms with Gasteiger partial charge < -0.3 is 14.6 Å². The summed E-state index contributed by atoms with van der Waals surface area (Å²) in [5, 5.41) is 8.57. The fourth-order valence-electron chi connectivity index (χ4n) is 1.49. The van der Waals surface area contributed by atoms with E-state index in [1.54, 1.807) is 13.3 Å². The lowest BCUT2D eigenvalue weighted by atomic mass is 10.2. The van der Waals surface area contributed by atoms with Gasteiger partial charge in [-0.1, -0.05) is 6.07 Å². The van der Waals surface area contributed by atoms with Gasteiger partial charge in [0, 0.05) is 24.8 Å². The first kappa shape index (κ1) is 13.9. The van der Waals surface area contributed by atoms with Crippen LogP contribution in [0.3, 0.4) is 0 Å². The van der Waals surface area contributed by atoms with Crippen LogP contribution in [0.15, 0.2) is 18.3 Å². The zero-order valence-electron chi connectivity index (χ0n) is 10.4. The van der Waals surface area contributed by atoms with Crippen LogP contribution in [-0.2, 0) is 11.3 Å². The van der Waals surface area contributed by atoms with Crippen LogP contribution in [-0.4, -0.2) is 55.5 Å². The predicted molar refractivity (Wildman–Crippen MR) is 65.0 cm³/mol. The summed E-state index contributed by atoms with van der Waals surface area (Å²) in [6.45, 7) is 2.64. The Hall–Kier alpha value is -1.17. The van der Waals surface area contributed by atoms with Crippen LogP contribution in [0.4, 0.5) is 0 Å². The molecule has 1 N–H and O–H groups in total. The lowest BCUT2D eigenvalue weighted by Crippen LogP contribution is -2.23. The second-order valence-electron chi connectivity index (χ2n) is 3.75. The van der Waals surface area contributed by atoms with Gasteiger partial charge in [0.25, 0.3) is 0 Å². The first-order chi connectivity index (χ1) is 8.27. The highest BCUT2D eigenvalue weighted by Crippen LogP contribution is 2.14. The Labute approximate surface area is 102 Å². The Morgan fingerprint density at radius 1 is 1.41 bits per heavy atom. The number of hydrogen-bond acceptors (Lipinski definition) is 5. The fraction of sp³-hybridized carbons (Fsp3) is 0.583. The second-order valence-corrected chi connectivity index (χ2v) is 3.75. The molecular formula is C12H20N2O3. The number of nitrogens with zero attached hydrogens (tertiary/aromatic N) is 2. The number of rotatable bonds is 8. The zero-order chi connectivity index (χ0) is 12.5. The lowest BCUT2D eigenvalue weighted by Gasteiger charge is -2.17. The van der Waals surface area contributed by atoms with Crippen LogP contribution in [0.1, 0.15) is 5.56 Å². The van der Waals surface area contributed by atoms with E-state index < -0.39 is 0 Å². The molecule has 5 nitrogen and oxygen atoms in total. The molecule has 1 heterocycles. The predicted octanol–water partition coefficient (Wildman–Crippen LogP) is 0.531. The van der Waals surface area contributed by atoms with Gasteiger partial charge in [-0.3, -0.25) is 4.90 Å². The summed E-state index contributed by atoms with van der Waals surface area (Å²) in [5.74, 6) is 0.663. The van der Waals surface area contributed by atoms with E-state index in [4.69, 9.17) is 14.6 Å². The average molecular weight is 240 g/mol. The van der Waals surface area contributed by atoms with Crippen LogP contribution >= 0.6 is 0 Å². The molecule has 0 radical (unpaired) electrons. The van der Waals surface area contributed by atoms with E-state index in [0.29, 0.717) is 19.1 Å². The van der Waals surface area contributed by atoms with Crippen molar-refractivity contribution in [2.24, 2.45) is 0 Å². The van der Waals surface area contributed by atoms with E-state index in [0.717, 1.165) is 18.7 Å². The van der Waals surface area contributed by atoms with Gasteiger partial charge in [-0.25, -0.2) is 4.98 Å². The van der Waals surface area contributed by atoms with Gasteiger partial charge in [0.15, 0.2) is 0 Å². The zero-order valence-corrected chi connectivity index (χ0v) is 10.4. The van der Waals surface area contributed by atoms with Crippen LogP contribution in [0, 0.1) is 0 Å².